The van der Waals surface area contributed by atoms with Gasteiger partial charge in [0.05, 0.1) is 0 Å². The fourth-order valence-electron chi connectivity index (χ4n) is 4.30. The van der Waals surface area contributed by atoms with E-state index < -0.39 is 8.07 Å². The second kappa shape index (κ2) is 4.21. The van der Waals surface area contributed by atoms with Crippen molar-refractivity contribution in [1.82, 2.24) is 0 Å². The normalized spacial score (nSPS) is 26.7. The summed E-state index contributed by atoms with van der Waals surface area (Å²) >= 11 is 0. The van der Waals surface area contributed by atoms with Crippen molar-refractivity contribution in [3.05, 3.63) is 72.8 Å². The summed E-state index contributed by atoms with van der Waals surface area (Å²) in [6.45, 7) is 0. The summed E-state index contributed by atoms with van der Waals surface area (Å²) in [6.07, 6.45) is 7.80. The minimum atomic E-state index is -1.59. The lowest BCUT2D eigenvalue weighted by molar-refractivity contribution is 0.792. The van der Waals surface area contributed by atoms with E-state index in [9.17, 15) is 0 Å². The van der Waals surface area contributed by atoms with Gasteiger partial charge in [0.15, 0.2) is 0 Å². The predicted molar refractivity (Wildman–Crippen MR) is 83.8 cm³/mol. The summed E-state index contributed by atoms with van der Waals surface area (Å²) in [5.74, 6) is 0. The van der Waals surface area contributed by atoms with Gasteiger partial charge in [-0.15, -0.1) is 0 Å². The summed E-state index contributed by atoms with van der Waals surface area (Å²) in [6, 6.07) is 22.6. The van der Waals surface area contributed by atoms with E-state index in [1.165, 1.54) is 12.8 Å². The molecule has 0 nitrogen and oxygen atoms in total. The lowest BCUT2D eigenvalue weighted by Crippen LogP contribution is -2.59. The molecule has 19 heavy (non-hydrogen) atoms. The molecule has 1 saturated heterocycles. The molecule has 0 saturated carbocycles. The van der Waals surface area contributed by atoms with Crippen molar-refractivity contribution in [2.75, 3.05) is 0 Å². The Hall–Kier alpha value is -1.60. The highest BCUT2D eigenvalue weighted by molar-refractivity contribution is 7.05. The van der Waals surface area contributed by atoms with Gasteiger partial charge in [-0.05, 0) is 23.9 Å². The van der Waals surface area contributed by atoms with Gasteiger partial charge in [0, 0.05) is 0 Å². The molecule has 2 unspecified atom stereocenters. The largest absolute Gasteiger partial charge is 0.131 e. The molecule has 1 fully saturated rings. The Morgan fingerprint density at radius 3 is 1.42 bits per heavy atom. The Kier molecular flexibility index (Phi) is 2.49. The Labute approximate surface area is 115 Å². The number of rotatable bonds is 2. The van der Waals surface area contributed by atoms with Crippen LogP contribution in [0.4, 0.5) is 0 Å². The van der Waals surface area contributed by atoms with Crippen LogP contribution < -0.4 is 10.4 Å². The Morgan fingerprint density at radius 2 is 1.05 bits per heavy atom. The monoisotopic (exact) mass is 262 g/mol. The third-order valence-electron chi connectivity index (χ3n) is 5.04. The van der Waals surface area contributed by atoms with Gasteiger partial charge in [0.2, 0.25) is 0 Å². The van der Waals surface area contributed by atoms with E-state index in [4.69, 9.17) is 0 Å². The standard InChI is InChI=1S/C18H18Si/c1-3-7-15(8-4-1)19(16-9-5-2-6-10-16)17-11-12-18(19)14-13-17/h1-12,17-18H,13-14H2. The van der Waals surface area contributed by atoms with Gasteiger partial charge in [-0.1, -0.05) is 83.2 Å². The van der Waals surface area contributed by atoms with Crippen LogP contribution in [0.5, 0.6) is 0 Å². The first kappa shape index (κ1) is 11.2. The molecule has 0 spiro atoms. The highest BCUT2D eigenvalue weighted by Gasteiger charge is 2.55. The minimum absolute atomic E-state index is 0.808. The van der Waals surface area contributed by atoms with Crippen LogP contribution in [0.3, 0.4) is 0 Å². The van der Waals surface area contributed by atoms with Crippen LogP contribution in [0.25, 0.3) is 0 Å². The van der Waals surface area contributed by atoms with Crippen molar-refractivity contribution >= 4 is 18.4 Å². The first-order valence-electron chi connectivity index (χ1n) is 7.22. The molecular weight excluding hydrogens is 244 g/mol. The summed E-state index contributed by atoms with van der Waals surface area (Å²) in [4.78, 5) is 0. The van der Waals surface area contributed by atoms with E-state index in [-0.39, 0.29) is 0 Å². The Balaban J connectivity index is 1.96. The maximum absolute atomic E-state index is 2.51. The molecule has 0 radical (unpaired) electrons. The molecule has 2 heterocycles. The van der Waals surface area contributed by atoms with Crippen LogP contribution in [0.1, 0.15) is 12.8 Å². The van der Waals surface area contributed by atoms with Crippen LogP contribution in [0.15, 0.2) is 72.8 Å². The SMILES string of the molecule is C1=CC2CCC1[Si]2(c1ccccc1)c1ccccc1. The highest BCUT2D eigenvalue weighted by atomic mass is 28.3. The van der Waals surface area contributed by atoms with E-state index in [2.05, 4.69) is 72.8 Å². The molecule has 2 aromatic rings. The second-order valence-corrected chi connectivity index (χ2v) is 10.2. The zero-order valence-electron chi connectivity index (χ0n) is 11.0. The second-order valence-electron chi connectivity index (χ2n) is 5.78. The quantitative estimate of drug-likeness (QED) is 0.575. The van der Waals surface area contributed by atoms with Crippen molar-refractivity contribution in [3.8, 4) is 0 Å². The number of hydrogen-bond donors (Lipinski definition) is 0. The summed E-state index contributed by atoms with van der Waals surface area (Å²) in [5, 5.41) is 3.25. The van der Waals surface area contributed by atoms with Crippen LogP contribution in [0.2, 0.25) is 11.1 Å². The van der Waals surface area contributed by atoms with Gasteiger partial charge in [0.25, 0.3) is 0 Å². The van der Waals surface area contributed by atoms with Crippen molar-refractivity contribution in [2.24, 2.45) is 0 Å². The molecule has 2 atom stereocenters. The summed E-state index contributed by atoms with van der Waals surface area (Å²) in [7, 11) is -1.59. The zero-order chi connectivity index (χ0) is 12.7. The van der Waals surface area contributed by atoms with Gasteiger partial charge >= 0.3 is 0 Å². The topological polar surface area (TPSA) is 0 Å². The van der Waals surface area contributed by atoms with Gasteiger partial charge < -0.3 is 0 Å². The van der Waals surface area contributed by atoms with Crippen molar-refractivity contribution in [3.63, 3.8) is 0 Å². The predicted octanol–water partition coefficient (Wildman–Crippen LogP) is 3.35. The molecule has 1 heteroatoms. The first-order valence-corrected chi connectivity index (χ1v) is 9.37. The third-order valence-corrected chi connectivity index (χ3v) is 10.9. The van der Waals surface area contributed by atoms with Crippen LogP contribution in [-0.2, 0) is 0 Å². The molecule has 94 valence electrons. The molecule has 0 aliphatic carbocycles. The third kappa shape index (κ3) is 1.45. The number of allylic oxidation sites excluding steroid dienone is 2. The highest BCUT2D eigenvalue weighted by Crippen LogP contribution is 2.52. The maximum atomic E-state index is 2.51. The molecular formula is C18H18Si. The van der Waals surface area contributed by atoms with Crippen molar-refractivity contribution in [1.29, 1.82) is 0 Å². The molecule has 2 aliphatic rings. The molecule has 0 N–H and O–H groups in total. The Morgan fingerprint density at radius 1 is 0.632 bits per heavy atom. The van der Waals surface area contributed by atoms with E-state index in [0.717, 1.165) is 11.1 Å². The van der Waals surface area contributed by atoms with Gasteiger partial charge in [-0.3, -0.25) is 0 Å². The van der Waals surface area contributed by atoms with Crippen molar-refractivity contribution in [2.45, 2.75) is 23.9 Å². The number of benzene rings is 2. The smallest absolute Gasteiger partial charge is 0.0874 e. The number of fused-ring (bicyclic) bond motifs is 2. The lowest BCUT2D eigenvalue weighted by atomic mass is 10.1. The molecule has 0 amide bonds. The average Bonchev–Trinajstić information content (AvgIpc) is 3.05. The summed E-state index contributed by atoms with van der Waals surface area (Å²) in [5.41, 5.74) is 1.62. The van der Waals surface area contributed by atoms with Gasteiger partial charge in [0.1, 0.15) is 8.07 Å². The van der Waals surface area contributed by atoms with Gasteiger partial charge in [-0.2, -0.15) is 0 Å². The van der Waals surface area contributed by atoms with E-state index in [1.807, 2.05) is 0 Å². The molecule has 0 aromatic heterocycles. The zero-order valence-corrected chi connectivity index (χ0v) is 12.0. The number of hydrogen-bond acceptors (Lipinski definition) is 0. The fourth-order valence-corrected chi connectivity index (χ4v) is 10.5. The Bertz CT molecular complexity index is 545. The summed E-state index contributed by atoms with van der Waals surface area (Å²) < 4.78 is 0. The lowest BCUT2D eigenvalue weighted by Gasteiger charge is -2.33. The molecule has 4 rings (SSSR count). The maximum Gasteiger partial charge on any atom is 0.131 e. The van der Waals surface area contributed by atoms with E-state index in [1.54, 1.807) is 10.4 Å². The van der Waals surface area contributed by atoms with Crippen LogP contribution in [-0.4, -0.2) is 8.07 Å². The van der Waals surface area contributed by atoms with Crippen LogP contribution in [0, 0.1) is 0 Å². The van der Waals surface area contributed by atoms with Crippen molar-refractivity contribution < 1.29 is 0 Å². The molecule has 2 aromatic carbocycles. The van der Waals surface area contributed by atoms with E-state index in [0.29, 0.717) is 0 Å². The molecule has 2 bridgehead atoms. The van der Waals surface area contributed by atoms with Gasteiger partial charge in [-0.25, -0.2) is 0 Å². The minimum Gasteiger partial charge on any atom is -0.0874 e. The van der Waals surface area contributed by atoms with Crippen LogP contribution >= 0.6 is 0 Å². The first-order chi connectivity index (χ1) is 9.42. The van der Waals surface area contributed by atoms with E-state index >= 15 is 0 Å². The average molecular weight is 262 g/mol. The molecule has 2 aliphatic heterocycles. The fraction of sp³-hybridized carbons (Fsp3) is 0.222.